The largest absolute Gasteiger partial charge is 0.480 e. The minimum atomic E-state index is -1.96. The highest BCUT2D eigenvalue weighted by molar-refractivity contribution is 6.74. The average Bonchev–Trinajstić information content (AvgIpc) is 2.73. The Labute approximate surface area is 198 Å². The summed E-state index contributed by atoms with van der Waals surface area (Å²) < 4.78 is 11.2. The van der Waals surface area contributed by atoms with Gasteiger partial charge in [0.05, 0.1) is 0 Å². The second-order valence-corrected chi connectivity index (χ2v) is 14.5. The van der Waals surface area contributed by atoms with Gasteiger partial charge in [-0.15, -0.1) is 0 Å². The molecule has 3 N–H and O–H groups in total. The van der Waals surface area contributed by atoms with Crippen LogP contribution >= 0.6 is 0 Å². The van der Waals surface area contributed by atoms with Crippen LogP contribution in [0.25, 0.3) is 0 Å². The van der Waals surface area contributed by atoms with E-state index in [9.17, 15) is 19.5 Å². The second-order valence-electron chi connectivity index (χ2n) is 9.65. The van der Waals surface area contributed by atoms with Crippen molar-refractivity contribution in [3.8, 4) is 0 Å². The van der Waals surface area contributed by atoms with Crippen LogP contribution in [0, 0.1) is 0 Å². The molecule has 1 aromatic carbocycles. The summed E-state index contributed by atoms with van der Waals surface area (Å²) in [4.78, 5) is 35.3. The van der Waals surface area contributed by atoms with Gasteiger partial charge in [-0.2, -0.15) is 0 Å². The van der Waals surface area contributed by atoms with Crippen LogP contribution in [-0.2, 0) is 25.4 Å². The molecular weight excluding hydrogens is 440 g/mol. The Hall–Kier alpha value is -2.39. The summed E-state index contributed by atoms with van der Waals surface area (Å²) in [5.41, 5.74) is 0.921. The van der Waals surface area contributed by atoms with Gasteiger partial charge in [0.1, 0.15) is 12.6 Å². The number of carboxylic acid groups (broad SMARTS) is 1. The quantitative estimate of drug-likeness (QED) is 0.268. The van der Waals surface area contributed by atoms with Gasteiger partial charge in [0.2, 0.25) is 5.91 Å². The molecule has 0 aliphatic rings. The maximum atomic E-state index is 12.1. The summed E-state index contributed by atoms with van der Waals surface area (Å²) in [6.07, 6.45) is 2.06. The molecule has 1 atom stereocenters. The topological polar surface area (TPSA) is 114 Å². The zero-order valence-electron chi connectivity index (χ0n) is 20.6. The monoisotopic (exact) mass is 480 g/mol. The SMILES string of the molecule is CC(C)(C)[Si](C)(C)OCC[C@H](NC(=O)CCCCCNC(=O)OCc1ccccc1)C(=O)O. The first-order valence-corrected chi connectivity index (χ1v) is 14.4. The summed E-state index contributed by atoms with van der Waals surface area (Å²) in [6.45, 7) is 11.6. The van der Waals surface area contributed by atoms with Crippen molar-refractivity contribution in [1.29, 1.82) is 0 Å². The van der Waals surface area contributed by atoms with Crippen LogP contribution in [0.4, 0.5) is 4.79 Å². The molecule has 0 spiro atoms. The van der Waals surface area contributed by atoms with Crippen molar-refractivity contribution in [2.75, 3.05) is 13.2 Å². The molecule has 8 nitrogen and oxygen atoms in total. The van der Waals surface area contributed by atoms with Crippen LogP contribution in [0.3, 0.4) is 0 Å². The van der Waals surface area contributed by atoms with Crippen molar-refractivity contribution in [1.82, 2.24) is 10.6 Å². The van der Waals surface area contributed by atoms with E-state index in [-0.39, 0.29) is 30.4 Å². The molecule has 186 valence electrons. The Morgan fingerprint density at radius 3 is 2.33 bits per heavy atom. The van der Waals surface area contributed by atoms with E-state index in [1.165, 1.54) is 0 Å². The molecule has 0 radical (unpaired) electrons. The number of carboxylic acids is 1. The van der Waals surface area contributed by atoms with Gasteiger partial charge in [-0.25, -0.2) is 9.59 Å². The van der Waals surface area contributed by atoms with Crippen molar-refractivity contribution >= 4 is 26.3 Å². The number of aliphatic carboxylic acids is 1. The predicted molar refractivity (Wildman–Crippen MR) is 130 cm³/mol. The van der Waals surface area contributed by atoms with Crippen molar-refractivity contribution in [2.24, 2.45) is 0 Å². The van der Waals surface area contributed by atoms with E-state index in [0.29, 0.717) is 26.0 Å². The second kappa shape index (κ2) is 14.0. The third-order valence-electron chi connectivity index (χ3n) is 5.87. The van der Waals surface area contributed by atoms with Crippen molar-refractivity contribution in [3.63, 3.8) is 0 Å². The molecule has 33 heavy (non-hydrogen) atoms. The molecule has 0 aliphatic carbocycles. The number of carbonyl (C=O) groups excluding carboxylic acids is 2. The van der Waals surface area contributed by atoms with Gasteiger partial charge >= 0.3 is 12.1 Å². The van der Waals surface area contributed by atoms with Crippen LogP contribution in [0.15, 0.2) is 30.3 Å². The molecule has 0 bridgehead atoms. The molecule has 0 aliphatic heterocycles. The smallest absolute Gasteiger partial charge is 0.407 e. The fourth-order valence-electron chi connectivity index (χ4n) is 2.72. The van der Waals surface area contributed by atoms with Crippen LogP contribution in [0.5, 0.6) is 0 Å². The van der Waals surface area contributed by atoms with E-state index in [4.69, 9.17) is 9.16 Å². The lowest BCUT2D eigenvalue weighted by molar-refractivity contribution is -0.142. The standard InChI is InChI=1S/C24H40N2O6Si/c1-24(2,3)33(4,5)32-17-15-20(22(28)29)26-21(27)14-10-7-11-16-25-23(30)31-18-19-12-8-6-9-13-19/h6,8-9,12-13,20H,7,10-11,14-18H2,1-5H3,(H,25,30)(H,26,27)(H,28,29)/t20-/m0/s1. The number of hydrogen-bond acceptors (Lipinski definition) is 5. The number of hydrogen-bond donors (Lipinski definition) is 3. The normalized spacial score (nSPS) is 12.6. The number of amides is 2. The molecular formula is C24H40N2O6Si. The van der Waals surface area contributed by atoms with Gasteiger partial charge in [0.25, 0.3) is 0 Å². The Morgan fingerprint density at radius 1 is 1.06 bits per heavy atom. The lowest BCUT2D eigenvalue weighted by Crippen LogP contribution is -2.44. The van der Waals surface area contributed by atoms with Crippen LogP contribution in [0.1, 0.15) is 58.4 Å². The van der Waals surface area contributed by atoms with Crippen LogP contribution in [-0.4, -0.2) is 50.6 Å². The molecule has 0 heterocycles. The zero-order valence-corrected chi connectivity index (χ0v) is 21.6. The van der Waals surface area contributed by atoms with Crippen molar-refractivity contribution in [2.45, 2.75) is 83.7 Å². The zero-order chi connectivity index (χ0) is 24.9. The number of benzene rings is 1. The van der Waals surface area contributed by atoms with E-state index < -0.39 is 26.4 Å². The number of carbonyl (C=O) groups is 3. The first kappa shape index (κ1) is 28.6. The average molecular weight is 481 g/mol. The minimum Gasteiger partial charge on any atom is -0.480 e. The van der Waals surface area contributed by atoms with Crippen LogP contribution in [0.2, 0.25) is 18.1 Å². The van der Waals surface area contributed by atoms with Gasteiger partial charge in [0.15, 0.2) is 8.32 Å². The molecule has 0 fully saturated rings. The van der Waals surface area contributed by atoms with E-state index >= 15 is 0 Å². The predicted octanol–water partition coefficient (Wildman–Crippen LogP) is 4.45. The lowest BCUT2D eigenvalue weighted by atomic mass is 10.1. The molecule has 0 unspecified atom stereocenters. The summed E-state index contributed by atoms with van der Waals surface area (Å²) in [5, 5.41) is 14.7. The summed E-state index contributed by atoms with van der Waals surface area (Å²) in [7, 11) is -1.96. The molecule has 2 amide bonds. The van der Waals surface area contributed by atoms with E-state index in [1.807, 2.05) is 30.3 Å². The van der Waals surface area contributed by atoms with Crippen molar-refractivity contribution in [3.05, 3.63) is 35.9 Å². The molecule has 0 saturated carbocycles. The maximum Gasteiger partial charge on any atom is 0.407 e. The molecule has 0 aromatic heterocycles. The lowest BCUT2D eigenvalue weighted by Gasteiger charge is -2.36. The highest BCUT2D eigenvalue weighted by Crippen LogP contribution is 2.36. The molecule has 9 heteroatoms. The Balaban J connectivity index is 2.18. The number of unbranched alkanes of at least 4 members (excludes halogenated alkanes) is 2. The molecule has 1 aromatic rings. The number of ether oxygens (including phenoxy) is 1. The van der Waals surface area contributed by atoms with E-state index in [0.717, 1.165) is 12.0 Å². The highest BCUT2D eigenvalue weighted by Gasteiger charge is 2.37. The van der Waals surface area contributed by atoms with Crippen LogP contribution < -0.4 is 10.6 Å². The van der Waals surface area contributed by atoms with Crippen molar-refractivity contribution < 1.29 is 28.7 Å². The van der Waals surface area contributed by atoms with Gasteiger partial charge in [-0.1, -0.05) is 57.5 Å². The number of nitrogens with one attached hydrogen (secondary N) is 2. The first-order chi connectivity index (χ1) is 15.4. The summed E-state index contributed by atoms with van der Waals surface area (Å²) in [6, 6.07) is 8.48. The summed E-state index contributed by atoms with van der Waals surface area (Å²) >= 11 is 0. The Morgan fingerprint density at radius 2 is 1.73 bits per heavy atom. The Bertz CT molecular complexity index is 749. The highest BCUT2D eigenvalue weighted by atomic mass is 28.4. The fraction of sp³-hybridized carbons (Fsp3) is 0.625. The van der Waals surface area contributed by atoms with E-state index in [1.54, 1.807) is 0 Å². The summed E-state index contributed by atoms with van der Waals surface area (Å²) in [5.74, 6) is -1.34. The van der Waals surface area contributed by atoms with Gasteiger partial charge in [-0.05, 0) is 36.5 Å². The van der Waals surface area contributed by atoms with Gasteiger partial charge in [-0.3, -0.25) is 4.79 Å². The van der Waals surface area contributed by atoms with Gasteiger partial charge < -0.3 is 24.9 Å². The number of rotatable bonds is 14. The molecule has 1 rings (SSSR count). The number of alkyl carbamates (subject to hydrolysis) is 1. The maximum absolute atomic E-state index is 12.1. The Kier molecular flexibility index (Phi) is 12.1. The minimum absolute atomic E-state index is 0.0441. The third kappa shape index (κ3) is 11.9. The fourth-order valence-corrected chi connectivity index (χ4v) is 3.79. The van der Waals surface area contributed by atoms with Gasteiger partial charge in [0, 0.05) is 26.0 Å². The van der Waals surface area contributed by atoms with E-state index in [2.05, 4.69) is 44.5 Å². The third-order valence-corrected chi connectivity index (χ3v) is 10.4. The first-order valence-electron chi connectivity index (χ1n) is 11.5. The molecule has 0 saturated heterocycles.